The lowest BCUT2D eigenvalue weighted by molar-refractivity contribution is 0.234. The minimum absolute atomic E-state index is 0.0113. The first-order valence-electron chi connectivity index (χ1n) is 6.60. The Bertz CT molecular complexity index is 804. The second kappa shape index (κ2) is 6.27. The van der Waals surface area contributed by atoms with Gasteiger partial charge in [0.25, 0.3) is 5.89 Å². The van der Waals surface area contributed by atoms with Gasteiger partial charge in [-0.15, -0.1) is 0 Å². The third-order valence-electron chi connectivity index (χ3n) is 3.10. The van der Waals surface area contributed by atoms with Crippen LogP contribution < -0.4 is 4.74 Å². The van der Waals surface area contributed by atoms with E-state index < -0.39 is 5.82 Å². The largest absolute Gasteiger partial charge is 0.481 e. The Labute approximate surface area is 135 Å². The molecule has 3 aromatic rings. The summed E-state index contributed by atoms with van der Waals surface area (Å²) in [5, 5.41) is 3.93. The molecule has 3 rings (SSSR count). The molecule has 2 aromatic carbocycles. The lowest BCUT2D eigenvalue weighted by atomic mass is 10.1. The first-order valence-corrected chi connectivity index (χ1v) is 7.39. The normalized spacial score (nSPS) is 10.7. The molecule has 1 heterocycles. The van der Waals surface area contributed by atoms with Crippen LogP contribution >= 0.6 is 15.9 Å². The highest BCUT2D eigenvalue weighted by Crippen LogP contribution is 2.23. The van der Waals surface area contributed by atoms with Crippen molar-refractivity contribution >= 4 is 15.9 Å². The number of hydrogen-bond acceptors (Lipinski definition) is 4. The maximum atomic E-state index is 13.7. The van der Waals surface area contributed by atoms with E-state index in [-0.39, 0.29) is 12.4 Å². The average molecular weight is 363 g/mol. The van der Waals surface area contributed by atoms with Gasteiger partial charge in [-0.3, -0.25) is 0 Å². The second-order valence-electron chi connectivity index (χ2n) is 4.69. The van der Waals surface area contributed by atoms with Crippen LogP contribution in [-0.2, 0) is 6.61 Å². The average Bonchev–Trinajstić information content (AvgIpc) is 2.95. The molecule has 0 saturated heterocycles. The molecule has 0 spiro atoms. The Morgan fingerprint density at radius 1 is 1.23 bits per heavy atom. The summed E-state index contributed by atoms with van der Waals surface area (Å²) >= 11 is 3.19. The molecule has 1 aromatic heterocycles. The summed E-state index contributed by atoms with van der Waals surface area (Å²) in [7, 11) is 0. The monoisotopic (exact) mass is 362 g/mol. The molecule has 0 aliphatic heterocycles. The van der Waals surface area contributed by atoms with E-state index in [1.54, 1.807) is 6.07 Å². The van der Waals surface area contributed by atoms with Crippen molar-refractivity contribution in [3.63, 3.8) is 0 Å². The Kier molecular flexibility index (Phi) is 4.20. The van der Waals surface area contributed by atoms with Crippen molar-refractivity contribution in [2.75, 3.05) is 0 Å². The van der Waals surface area contributed by atoms with Crippen LogP contribution in [0.3, 0.4) is 0 Å². The van der Waals surface area contributed by atoms with Crippen LogP contribution in [0.4, 0.5) is 4.39 Å². The Morgan fingerprint density at radius 3 is 2.82 bits per heavy atom. The Hall–Kier alpha value is -2.21. The van der Waals surface area contributed by atoms with E-state index >= 15 is 0 Å². The lowest BCUT2D eigenvalue weighted by Crippen LogP contribution is -1.97. The number of halogens is 2. The Balaban J connectivity index is 1.74. The predicted molar refractivity (Wildman–Crippen MR) is 82.9 cm³/mol. The molecule has 4 nitrogen and oxygen atoms in total. The molecule has 0 N–H and O–H groups in total. The molecule has 0 fully saturated rings. The van der Waals surface area contributed by atoms with Crippen LogP contribution in [0.25, 0.3) is 11.4 Å². The topological polar surface area (TPSA) is 48.2 Å². The molecule has 0 amide bonds. The van der Waals surface area contributed by atoms with Crippen molar-refractivity contribution in [1.82, 2.24) is 10.1 Å². The molecule has 112 valence electrons. The molecule has 0 aliphatic rings. The van der Waals surface area contributed by atoms with Crippen molar-refractivity contribution in [2.45, 2.75) is 13.5 Å². The molecular formula is C16H12BrFN2O2. The maximum Gasteiger partial charge on any atom is 0.264 e. The third kappa shape index (κ3) is 3.17. The summed E-state index contributed by atoms with van der Waals surface area (Å²) in [6, 6.07) is 12.3. The van der Waals surface area contributed by atoms with Gasteiger partial charge in [-0.1, -0.05) is 45.4 Å². The van der Waals surface area contributed by atoms with E-state index in [4.69, 9.17) is 9.26 Å². The zero-order valence-electron chi connectivity index (χ0n) is 11.7. The summed E-state index contributed by atoms with van der Waals surface area (Å²) < 4.78 is 24.8. The van der Waals surface area contributed by atoms with E-state index in [1.165, 1.54) is 12.1 Å². The van der Waals surface area contributed by atoms with Crippen LogP contribution in [0.5, 0.6) is 5.75 Å². The third-order valence-corrected chi connectivity index (χ3v) is 3.59. The van der Waals surface area contributed by atoms with Crippen LogP contribution in [0.15, 0.2) is 51.5 Å². The number of aryl methyl sites for hydroxylation is 1. The zero-order chi connectivity index (χ0) is 15.5. The quantitative estimate of drug-likeness (QED) is 0.684. The summed E-state index contributed by atoms with van der Waals surface area (Å²) in [6.45, 7) is 1.98. The maximum absolute atomic E-state index is 13.7. The molecule has 0 saturated carbocycles. The zero-order valence-corrected chi connectivity index (χ0v) is 13.3. The summed E-state index contributed by atoms with van der Waals surface area (Å²) in [5.41, 5.74) is 1.95. The van der Waals surface area contributed by atoms with E-state index in [9.17, 15) is 4.39 Å². The first kappa shape index (κ1) is 14.7. The summed E-state index contributed by atoms with van der Waals surface area (Å²) in [6.07, 6.45) is 0. The number of rotatable bonds is 4. The molecule has 0 aliphatic carbocycles. The molecule has 22 heavy (non-hydrogen) atoms. The van der Waals surface area contributed by atoms with Crippen molar-refractivity contribution in [3.05, 3.63) is 64.2 Å². The number of nitrogens with zero attached hydrogens (tertiary/aromatic N) is 2. The molecule has 0 unspecified atom stereocenters. The van der Waals surface area contributed by atoms with Gasteiger partial charge in [0.05, 0.1) is 0 Å². The molecule has 0 atom stereocenters. The van der Waals surface area contributed by atoms with Crippen molar-refractivity contribution in [1.29, 1.82) is 0 Å². The fourth-order valence-corrected chi connectivity index (χ4v) is 2.31. The van der Waals surface area contributed by atoms with Gasteiger partial charge in [-0.25, -0.2) is 4.39 Å². The second-order valence-corrected chi connectivity index (χ2v) is 5.61. The molecular weight excluding hydrogens is 351 g/mol. The molecule has 6 heteroatoms. The lowest BCUT2D eigenvalue weighted by Gasteiger charge is -2.04. The van der Waals surface area contributed by atoms with E-state index in [2.05, 4.69) is 26.1 Å². The van der Waals surface area contributed by atoms with Crippen LogP contribution in [0.1, 0.15) is 11.5 Å². The van der Waals surface area contributed by atoms with Crippen LogP contribution in [0.2, 0.25) is 0 Å². The van der Waals surface area contributed by atoms with Crippen molar-refractivity contribution in [2.24, 2.45) is 0 Å². The SMILES string of the molecule is Cc1ccccc1-c1noc(COc2ccc(Br)cc2F)n1. The highest BCUT2D eigenvalue weighted by atomic mass is 79.9. The van der Waals surface area contributed by atoms with Crippen LogP contribution in [-0.4, -0.2) is 10.1 Å². The van der Waals surface area contributed by atoms with Gasteiger partial charge in [0.2, 0.25) is 5.82 Å². The summed E-state index contributed by atoms with van der Waals surface area (Å²) in [4.78, 5) is 4.27. The number of hydrogen-bond donors (Lipinski definition) is 0. The number of aromatic nitrogens is 2. The molecule has 0 bridgehead atoms. The number of benzene rings is 2. The highest BCUT2D eigenvalue weighted by molar-refractivity contribution is 9.10. The van der Waals surface area contributed by atoms with Gasteiger partial charge in [0, 0.05) is 10.0 Å². The van der Waals surface area contributed by atoms with Crippen LogP contribution in [0, 0.1) is 12.7 Å². The van der Waals surface area contributed by atoms with Crippen molar-refractivity contribution in [3.8, 4) is 17.1 Å². The van der Waals surface area contributed by atoms with Gasteiger partial charge >= 0.3 is 0 Å². The predicted octanol–water partition coefficient (Wildman–Crippen LogP) is 4.53. The van der Waals surface area contributed by atoms with E-state index in [0.717, 1.165) is 11.1 Å². The minimum atomic E-state index is -0.451. The first-order chi connectivity index (χ1) is 10.6. The fraction of sp³-hybridized carbons (Fsp3) is 0.125. The summed E-state index contributed by atoms with van der Waals surface area (Å²) in [5.74, 6) is 0.473. The van der Waals surface area contributed by atoms with Gasteiger partial charge < -0.3 is 9.26 Å². The van der Waals surface area contributed by atoms with Gasteiger partial charge in [0.15, 0.2) is 18.2 Å². The van der Waals surface area contributed by atoms with Gasteiger partial charge in [-0.05, 0) is 30.7 Å². The van der Waals surface area contributed by atoms with E-state index in [1.807, 2.05) is 31.2 Å². The smallest absolute Gasteiger partial charge is 0.264 e. The molecule has 0 radical (unpaired) electrons. The fourth-order valence-electron chi connectivity index (χ4n) is 1.98. The van der Waals surface area contributed by atoms with Gasteiger partial charge in [-0.2, -0.15) is 4.98 Å². The minimum Gasteiger partial charge on any atom is -0.481 e. The Morgan fingerprint density at radius 2 is 2.05 bits per heavy atom. The van der Waals surface area contributed by atoms with E-state index in [0.29, 0.717) is 16.2 Å². The van der Waals surface area contributed by atoms with Crippen molar-refractivity contribution < 1.29 is 13.7 Å². The standard InChI is InChI=1S/C16H12BrFN2O2/c1-10-4-2-3-5-12(10)16-19-15(22-20-16)9-21-14-7-6-11(17)8-13(14)18/h2-8H,9H2,1H3. The highest BCUT2D eigenvalue weighted by Gasteiger charge is 2.12. The van der Waals surface area contributed by atoms with Gasteiger partial charge in [0.1, 0.15) is 0 Å². The number of ether oxygens (including phenoxy) is 1.